The van der Waals surface area contributed by atoms with E-state index in [1.807, 2.05) is 37.3 Å². The van der Waals surface area contributed by atoms with Crippen molar-refractivity contribution in [2.24, 2.45) is 0 Å². The van der Waals surface area contributed by atoms with Gasteiger partial charge in [-0.15, -0.1) is 0 Å². The van der Waals surface area contributed by atoms with Crippen LogP contribution in [0.5, 0.6) is 0 Å². The van der Waals surface area contributed by atoms with Crippen LogP contribution in [0.25, 0.3) is 0 Å². The van der Waals surface area contributed by atoms with Gasteiger partial charge in [0.15, 0.2) is 0 Å². The number of rotatable bonds is 3. The SMILES string of the molecule is CC(NC(=O)Nc1ccc(F)cc1C#N)c1cccc(Br)c1. The summed E-state index contributed by atoms with van der Waals surface area (Å²) in [5.41, 5.74) is 1.28. The zero-order valence-electron chi connectivity index (χ0n) is 11.7. The van der Waals surface area contributed by atoms with E-state index in [1.165, 1.54) is 12.1 Å². The Bertz CT molecular complexity index is 742. The average Bonchev–Trinajstić information content (AvgIpc) is 2.49. The maximum atomic E-state index is 13.1. The smallest absolute Gasteiger partial charge is 0.319 e. The van der Waals surface area contributed by atoms with Crippen LogP contribution >= 0.6 is 15.9 Å². The summed E-state index contributed by atoms with van der Waals surface area (Å²) < 4.78 is 14.0. The Morgan fingerprint density at radius 3 is 2.77 bits per heavy atom. The molecule has 0 radical (unpaired) electrons. The van der Waals surface area contributed by atoms with E-state index >= 15 is 0 Å². The summed E-state index contributed by atoms with van der Waals surface area (Å²) >= 11 is 3.38. The van der Waals surface area contributed by atoms with Crippen molar-refractivity contribution >= 4 is 27.6 Å². The van der Waals surface area contributed by atoms with Crippen molar-refractivity contribution in [3.63, 3.8) is 0 Å². The molecule has 112 valence electrons. The first-order chi connectivity index (χ1) is 10.5. The third-order valence-electron chi connectivity index (χ3n) is 3.05. The Balaban J connectivity index is 2.06. The van der Waals surface area contributed by atoms with Crippen molar-refractivity contribution < 1.29 is 9.18 Å². The second kappa shape index (κ2) is 7.05. The molecule has 0 saturated carbocycles. The number of halogens is 2. The molecule has 0 heterocycles. The van der Waals surface area contributed by atoms with Crippen LogP contribution in [-0.2, 0) is 0 Å². The third kappa shape index (κ3) is 4.06. The molecule has 1 unspecified atom stereocenters. The molecule has 1 atom stereocenters. The van der Waals surface area contributed by atoms with Gasteiger partial charge in [0.1, 0.15) is 11.9 Å². The highest BCUT2D eigenvalue weighted by Crippen LogP contribution is 2.19. The Labute approximate surface area is 136 Å². The van der Waals surface area contributed by atoms with Gasteiger partial charge in [-0.2, -0.15) is 5.26 Å². The maximum absolute atomic E-state index is 13.1. The minimum absolute atomic E-state index is 0.0743. The molecule has 0 spiro atoms. The Morgan fingerprint density at radius 1 is 1.32 bits per heavy atom. The van der Waals surface area contributed by atoms with Gasteiger partial charge < -0.3 is 10.6 Å². The molecule has 0 fully saturated rings. The zero-order valence-corrected chi connectivity index (χ0v) is 13.3. The summed E-state index contributed by atoms with van der Waals surface area (Å²) in [7, 11) is 0. The molecule has 2 rings (SSSR count). The Kier molecular flexibility index (Phi) is 5.12. The largest absolute Gasteiger partial charge is 0.331 e. The predicted octanol–water partition coefficient (Wildman–Crippen LogP) is 4.34. The van der Waals surface area contributed by atoms with Crippen molar-refractivity contribution in [1.29, 1.82) is 5.26 Å². The van der Waals surface area contributed by atoms with E-state index in [0.29, 0.717) is 0 Å². The zero-order chi connectivity index (χ0) is 16.1. The monoisotopic (exact) mass is 361 g/mol. The van der Waals surface area contributed by atoms with Gasteiger partial charge >= 0.3 is 6.03 Å². The van der Waals surface area contributed by atoms with E-state index in [4.69, 9.17) is 5.26 Å². The first-order valence-corrected chi connectivity index (χ1v) is 7.31. The van der Waals surface area contributed by atoms with Crippen LogP contribution in [0.1, 0.15) is 24.1 Å². The minimum atomic E-state index is -0.523. The first-order valence-electron chi connectivity index (χ1n) is 6.52. The van der Waals surface area contributed by atoms with Gasteiger partial charge in [-0.3, -0.25) is 0 Å². The molecule has 0 aromatic heterocycles. The van der Waals surface area contributed by atoms with E-state index in [9.17, 15) is 9.18 Å². The Morgan fingerprint density at radius 2 is 2.09 bits per heavy atom. The summed E-state index contributed by atoms with van der Waals surface area (Å²) in [6.45, 7) is 1.84. The fourth-order valence-corrected chi connectivity index (χ4v) is 2.35. The molecule has 22 heavy (non-hydrogen) atoms. The van der Waals surface area contributed by atoms with E-state index < -0.39 is 11.8 Å². The number of hydrogen-bond acceptors (Lipinski definition) is 2. The molecule has 0 aliphatic carbocycles. The predicted molar refractivity (Wildman–Crippen MR) is 85.8 cm³/mol. The summed E-state index contributed by atoms with van der Waals surface area (Å²) in [5, 5.41) is 14.3. The number of anilines is 1. The van der Waals surface area contributed by atoms with Gasteiger partial charge in [0, 0.05) is 4.47 Å². The number of nitriles is 1. The van der Waals surface area contributed by atoms with E-state index in [2.05, 4.69) is 26.6 Å². The molecular formula is C16H13BrFN3O. The van der Waals surface area contributed by atoms with Gasteiger partial charge in [-0.05, 0) is 42.8 Å². The molecule has 0 aliphatic rings. The highest BCUT2D eigenvalue weighted by Gasteiger charge is 2.12. The van der Waals surface area contributed by atoms with E-state index in [1.54, 1.807) is 0 Å². The molecule has 0 bridgehead atoms. The van der Waals surface area contributed by atoms with Crippen LogP contribution in [0.15, 0.2) is 46.9 Å². The minimum Gasteiger partial charge on any atom is -0.331 e. The number of carbonyl (C=O) groups excluding carboxylic acids is 1. The molecule has 4 nitrogen and oxygen atoms in total. The van der Waals surface area contributed by atoms with Gasteiger partial charge in [0.25, 0.3) is 0 Å². The fourth-order valence-electron chi connectivity index (χ4n) is 1.93. The third-order valence-corrected chi connectivity index (χ3v) is 3.54. The number of nitrogens with one attached hydrogen (secondary N) is 2. The molecule has 0 saturated heterocycles. The number of nitrogens with zero attached hydrogens (tertiary/aromatic N) is 1. The van der Waals surface area contributed by atoms with Gasteiger partial charge in [0.2, 0.25) is 0 Å². The van der Waals surface area contributed by atoms with Gasteiger partial charge in [0.05, 0.1) is 17.3 Å². The highest BCUT2D eigenvalue weighted by atomic mass is 79.9. The maximum Gasteiger partial charge on any atom is 0.319 e. The lowest BCUT2D eigenvalue weighted by molar-refractivity contribution is 0.249. The summed E-state index contributed by atoms with van der Waals surface area (Å²) in [6.07, 6.45) is 0. The van der Waals surface area contributed by atoms with Crippen LogP contribution in [0.2, 0.25) is 0 Å². The van der Waals surface area contributed by atoms with Crippen molar-refractivity contribution in [1.82, 2.24) is 5.32 Å². The quantitative estimate of drug-likeness (QED) is 0.853. The topological polar surface area (TPSA) is 64.9 Å². The Hall–Kier alpha value is -2.39. The molecule has 6 heteroatoms. The van der Waals surface area contributed by atoms with E-state index in [-0.39, 0.29) is 17.3 Å². The summed E-state index contributed by atoms with van der Waals surface area (Å²) in [5.74, 6) is -0.523. The molecule has 2 N–H and O–H groups in total. The molecule has 0 aliphatic heterocycles. The molecular weight excluding hydrogens is 349 g/mol. The van der Waals surface area contributed by atoms with Crippen LogP contribution in [0.3, 0.4) is 0 Å². The highest BCUT2D eigenvalue weighted by molar-refractivity contribution is 9.10. The standard InChI is InChI=1S/C16H13BrFN3O/c1-10(11-3-2-4-13(17)7-11)20-16(22)21-15-6-5-14(18)8-12(15)9-19/h2-8,10H,1H3,(H2,20,21,22). The number of urea groups is 1. The van der Waals surface area contributed by atoms with Gasteiger partial charge in [-0.25, -0.2) is 9.18 Å². The first kappa shape index (κ1) is 16.0. The second-order valence-corrected chi connectivity index (χ2v) is 5.59. The fraction of sp³-hybridized carbons (Fsp3) is 0.125. The lowest BCUT2D eigenvalue weighted by Crippen LogP contribution is -2.31. The molecule has 2 aromatic carbocycles. The van der Waals surface area contributed by atoms with E-state index in [0.717, 1.165) is 16.1 Å². The van der Waals surface area contributed by atoms with Crippen molar-refractivity contribution in [2.45, 2.75) is 13.0 Å². The van der Waals surface area contributed by atoms with Crippen LogP contribution in [0, 0.1) is 17.1 Å². The summed E-state index contributed by atoms with van der Waals surface area (Å²) in [4.78, 5) is 12.0. The van der Waals surface area contributed by atoms with Crippen LogP contribution < -0.4 is 10.6 Å². The molecule has 2 aromatic rings. The number of benzene rings is 2. The van der Waals surface area contributed by atoms with Crippen molar-refractivity contribution in [3.8, 4) is 6.07 Å². The number of amides is 2. The lowest BCUT2D eigenvalue weighted by Gasteiger charge is -2.16. The lowest BCUT2D eigenvalue weighted by atomic mass is 10.1. The van der Waals surface area contributed by atoms with Crippen LogP contribution in [-0.4, -0.2) is 6.03 Å². The normalized spacial score (nSPS) is 11.4. The van der Waals surface area contributed by atoms with Crippen molar-refractivity contribution in [3.05, 3.63) is 63.9 Å². The summed E-state index contributed by atoms with van der Waals surface area (Å²) in [6, 6.07) is 12.4. The molecule has 2 amide bonds. The number of hydrogen-bond donors (Lipinski definition) is 2. The van der Waals surface area contributed by atoms with Crippen molar-refractivity contribution in [2.75, 3.05) is 5.32 Å². The second-order valence-electron chi connectivity index (χ2n) is 4.68. The number of carbonyl (C=O) groups is 1. The average molecular weight is 362 g/mol. The van der Waals surface area contributed by atoms with Crippen LogP contribution in [0.4, 0.5) is 14.9 Å². The van der Waals surface area contributed by atoms with Gasteiger partial charge in [-0.1, -0.05) is 28.1 Å².